The van der Waals surface area contributed by atoms with Gasteiger partial charge in [0.15, 0.2) is 11.7 Å². The largest absolute Gasteiger partial charge is 0.489 e. The van der Waals surface area contributed by atoms with Crippen LogP contribution in [0.4, 0.5) is 0 Å². The van der Waals surface area contributed by atoms with Crippen LogP contribution in [0.15, 0.2) is 21.6 Å². The van der Waals surface area contributed by atoms with Crippen LogP contribution in [0.2, 0.25) is 10.0 Å². The van der Waals surface area contributed by atoms with Crippen LogP contribution >= 0.6 is 63.1 Å². The van der Waals surface area contributed by atoms with Gasteiger partial charge in [0.25, 0.3) is 0 Å². The fraction of sp³-hybridized carbons (Fsp3) is 0.300. The molecule has 0 aliphatic carbocycles. The zero-order chi connectivity index (χ0) is 12.8. The minimum Gasteiger partial charge on any atom is -0.489 e. The summed E-state index contributed by atoms with van der Waals surface area (Å²) in [5, 5.41) is 3.78. The Morgan fingerprint density at radius 3 is 2.50 bits per heavy atom. The SMILES string of the molecule is CN=C(N)NCCOc1c(Cl)cc(Br)cc1Cl.I. The Morgan fingerprint density at radius 2 is 2.00 bits per heavy atom. The standard InChI is InChI=1S/C10H12BrCl2N3O.HI/c1-15-10(14)16-2-3-17-9-7(12)4-6(11)5-8(9)13;/h4-5H,2-3H2,1H3,(H3,14,15,16);1H. The molecule has 1 aromatic rings. The molecule has 1 rings (SSSR count). The third kappa shape index (κ3) is 5.81. The monoisotopic (exact) mass is 467 g/mol. The highest BCUT2D eigenvalue weighted by Crippen LogP contribution is 2.35. The molecular formula is C10H13BrCl2IN3O. The van der Waals surface area contributed by atoms with Crippen molar-refractivity contribution in [3.8, 4) is 5.75 Å². The summed E-state index contributed by atoms with van der Waals surface area (Å²) in [6.07, 6.45) is 0. The first-order valence-electron chi connectivity index (χ1n) is 4.78. The van der Waals surface area contributed by atoms with Crippen LogP contribution < -0.4 is 15.8 Å². The van der Waals surface area contributed by atoms with E-state index in [1.807, 2.05) is 0 Å². The van der Waals surface area contributed by atoms with Gasteiger partial charge in [-0.15, -0.1) is 24.0 Å². The minimum absolute atomic E-state index is 0. The minimum atomic E-state index is 0. The molecule has 0 fully saturated rings. The average Bonchev–Trinajstić information content (AvgIpc) is 2.26. The zero-order valence-corrected chi connectivity index (χ0v) is 15.0. The molecule has 0 aromatic heterocycles. The lowest BCUT2D eigenvalue weighted by Gasteiger charge is -2.11. The van der Waals surface area contributed by atoms with Gasteiger partial charge in [-0.3, -0.25) is 4.99 Å². The molecule has 4 nitrogen and oxygen atoms in total. The second kappa shape index (κ2) is 9.06. The molecule has 0 heterocycles. The lowest BCUT2D eigenvalue weighted by molar-refractivity contribution is 0.322. The van der Waals surface area contributed by atoms with E-state index < -0.39 is 0 Å². The number of benzene rings is 1. The van der Waals surface area contributed by atoms with E-state index in [0.29, 0.717) is 34.9 Å². The van der Waals surface area contributed by atoms with Crippen molar-refractivity contribution in [3.63, 3.8) is 0 Å². The number of nitrogens with zero attached hydrogens (tertiary/aromatic N) is 1. The number of aliphatic imine (C=N–C) groups is 1. The van der Waals surface area contributed by atoms with Crippen LogP contribution in [0.25, 0.3) is 0 Å². The molecule has 102 valence electrons. The second-order valence-corrected chi connectivity index (χ2v) is 4.81. The highest BCUT2D eigenvalue weighted by molar-refractivity contribution is 14.0. The van der Waals surface area contributed by atoms with E-state index in [-0.39, 0.29) is 24.0 Å². The summed E-state index contributed by atoms with van der Waals surface area (Å²) in [5.41, 5.74) is 5.46. The van der Waals surface area contributed by atoms with E-state index in [2.05, 4.69) is 26.2 Å². The molecule has 0 saturated heterocycles. The van der Waals surface area contributed by atoms with Gasteiger partial charge in [0.1, 0.15) is 6.61 Å². The van der Waals surface area contributed by atoms with Crippen molar-refractivity contribution in [2.45, 2.75) is 0 Å². The summed E-state index contributed by atoms with van der Waals surface area (Å²) >= 11 is 15.3. The van der Waals surface area contributed by atoms with Gasteiger partial charge in [-0.2, -0.15) is 0 Å². The predicted octanol–water partition coefficient (Wildman–Crippen LogP) is 3.29. The van der Waals surface area contributed by atoms with Crippen molar-refractivity contribution < 1.29 is 4.74 Å². The van der Waals surface area contributed by atoms with Crippen LogP contribution in [-0.4, -0.2) is 26.2 Å². The Bertz CT molecular complexity index is 409. The van der Waals surface area contributed by atoms with Crippen LogP contribution in [0.3, 0.4) is 0 Å². The number of nitrogens with two attached hydrogens (primary N) is 1. The van der Waals surface area contributed by atoms with Crippen LogP contribution in [0.1, 0.15) is 0 Å². The van der Waals surface area contributed by atoms with E-state index in [1.54, 1.807) is 19.2 Å². The van der Waals surface area contributed by atoms with E-state index in [1.165, 1.54) is 0 Å². The number of halogens is 4. The highest BCUT2D eigenvalue weighted by Gasteiger charge is 2.08. The summed E-state index contributed by atoms with van der Waals surface area (Å²) in [6.45, 7) is 0.906. The molecule has 0 bridgehead atoms. The maximum atomic E-state index is 6.00. The molecule has 0 saturated carbocycles. The number of hydrogen-bond acceptors (Lipinski definition) is 2. The zero-order valence-electron chi connectivity index (χ0n) is 9.54. The van der Waals surface area contributed by atoms with Crippen molar-refractivity contribution in [1.82, 2.24) is 5.32 Å². The summed E-state index contributed by atoms with van der Waals surface area (Å²) in [5.74, 6) is 0.826. The third-order valence-corrected chi connectivity index (χ3v) is 2.88. The summed E-state index contributed by atoms with van der Waals surface area (Å²) < 4.78 is 6.27. The molecule has 0 radical (unpaired) electrons. The van der Waals surface area contributed by atoms with Crippen LogP contribution in [0, 0.1) is 0 Å². The Morgan fingerprint density at radius 1 is 1.44 bits per heavy atom. The van der Waals surface area contributed by atoms with Crippen molar-refractivity contribution in [3.05, 3.63) is 26.7 Å². The van der Waals surface area contributed by atoms with Gasteiger partial charge in [0, 0.05) is 11.5 Å². The molecule has 1 aromatic carbocycles. The number of hydrogen-bond donors (Lipinski definition) is 2. The molecule has 0 spiro atoms. The molecule has 0 amide bonds. The molecule has 3 N–H and O–H groups in total. The van der Waals surface area contributed by atoms with E-state index in [9.17, 15) is 0 Å². The maximum absolute atomic E-state index is 6.00. The summed E-state index contributed by atoms with van der Waals surface area (Å²) in [4.78, 5) is 3.75. The van der Waals surface area contributed by atoms with Gasteiger partial charge in [-0.05, 0) is 12.1 Å². The first kappa shape index (κ1) is 18.1. The average molecular weight is 469 g/mol. The first-order valence-corrected chi connectivity index (χ1v) is 6.33. The Hall–Kier alpha value is 0.0800. The van der Waals surface area contributed by atoms with Gasteiger partial charge in [-0.1, -0.05) is 39.1 Å². The van der Waals surface area contributed by atoms with Crippen LogP contribution in [-0.2, 0) is 0 Å². The first-order chi connectivity index (χ1) is 8.04. The Kier molecular flexibility index (Phi) is 9.10. The summed E-state index contributed by atoms with van der Waals surface area (Å²) in [6, 6.07) is 3.44. The fourth-order valence-corrected chi connectivity index (χ4v) is 2.40. The highest BCUT2D eigenvalue weighted by atomic mass is 127. The van der Waals surface area contributed by atoms with E-state index in [4.69, 9.17) is 33.7 Å². The van der Waals surface area contributed by atoms with Crippen LogP contribution in [0.5, 0.6) is 5.75 Å². The van der Waals surface area contributed by atoms with Crippen molar-refractivity contribution in [1.29, 1.82) is 0 Å². The number of rotatable bonds is 4. The topological polar surface area (TPSA) is 59.6 Å². The smallest absolute Gasteiger partial charge is 0.188 e. The normalized spacial score (nSPS) is 10.8. The van der Waals surface area contributed by atoms with Gasteiger partial charge in [0.2, 0.25) is 0 Å². The molecule has 18 heavy (non-hydrogen) atoms. The summed E-state index contributed by atoms with van der Waals surface area (Å²) in [7, 11) is 1.60. The Balaban J connectivity index is 0.00000289. The predicted molar refractivity (Wildman–Crippen MR) is 90.6 cm³/mol. The van der Waals surface area contributed by atoms with Crippen molar-refractivity contribution in [2.75, 3.05) is 20.2 Å². The number of ether oxygens (including phenoxy) is 1. The second-order valence-electron chi connectivity index (χ2n) is 3.08. The molecule has 0 unspecified atom stereocenters. The molecule has 0 aliphatic heterocycles. The third-order valence-electron chi connectivity index (χ3n) is 1.86. The molecule has 0 atom stereocenters. The molecule has 0 aliphatic rings. The van der Waals surface area contributed by atoms with Gasteiger partial charge in [0.05, 0.1) is 16.6 Å². The van der Waals surface area contributed by atoms with Gasteiger partial charge in [-0.25, -0.2) is 0 Å². The van der Waals surface area contributed by atoms with Gasteiger partial charge < -0.3 is 15.8 Å². The lowest BCUT2D eigenvalue weighted by Crippen LogP contribution is -2.34. The lowest BCUT2D eigenvalue weighted by atomic mass is 10.3. The van der Waals surface area contributed by atoms with E-state index >= 15 is 0 Å². The number of nitrogens with one attached hydrogen (secondary N) is 1. The number of guanidine groups is 1. The van der Waals surface area contributed by atoms with E-state index in [0.717, 1.165) is 4.47 Å². The van der Waals surface area contributed by atoms with Gasteiger partial charge >= 0.3 is 0 Å². The Labute approximate surface area is 141 Å². The molecule has 8 heteroatoms. The fourth-order valence-electron chi connectivity index (χ4n) is 1.08. The maximum Gasteiger partial charge on any atom is 0.188 e. The van der Waals surface area contributed by atoms with Crippen molar-refractivity contribution >= 4 is 69.1 Å². The van der Waals surface area contributed by atoms with Crippen molar-refractivity contribution in [2.24, 2.45) is 10.7 Å². The quantitative estimate of drug-likeness (QED) is 0.308. The molecular weight excluding hydrogens is 456 g/mol.